The molecule has 10 heteroatoms. The second-order valence-electron chi connectivity index (χ2n) is 6.03. The van der Waals surface area contributed by atoms with Crippen molar-refractivity contribution < 1.29 is 19.2 Å². The number of hydrogen-bond donors (Lipinski definition) is 1. The number of carbonyl (C=O) groups excluding carboxylic acids is 1. The monoisotopic (exact) mass is 413 g/mol. The largest absolute Gasteiger partial charge is 0.486 e. The van der Waals surface area contributed by atoms with Crippen LogP contribution in [0.5, 0.6) is 11.5 Å². The number of nitro benzene ring substituents is 1. The highest BCUT2D eigenvalue weighted by Crippen LogP contribution is 2.38. The maximum atomic E-state index is 12.6. The number of rotatable bonds is 3. The molecule has 1 amide bonds. The van der Waals surface area contributed by atoms with Crippen molar-refractivity contribution in [3.8, 4) is 11.5 Å². The Labute approximate surface area is 165 Å². The third-order valence-electron chi connectivity index (χ3n) is 4.21. The number of hydrogen-bond acceptors (Lipinski definition) is 8. The molecule has 1 aliphatic rings. The number of nitro groups is 1. The molecule has 0 saturated carbocycles. The number of thiophene rings is 1. The van der Waals surface area contributed by atoms with Crippen molar-refractivity contribution in [2.75, 3.05) is 18.5 Å². The van der Waals surface area contributed by atoms with Crippen molar-refractivity contribution in [1.29, 1.82) is 0 Å². The molecule has 0 atom stereocenters. The lowest BCUT2D eigenvalue weighted by Crippen LogP contribution is -2.15. The molecular weight excluding hydrogens is 402 g/mol. The molecule has 2 aromatic carbocycles. The molecule has 8 nitrogen and oxygen atoms in total. The standard InChI is InChI=1S/C18H11N3O5S2/c22-17(16-6-9-5-10(21(23)24)1-2-14(9)27-16)20-18-19-11-7-12-13(8-15(11)28-18)26-4-3-25-12/h1-2,5-8H,3-4H2,(H,19,20,22). The topological polar surface area (TPSA) is 104 Å². The fourth-order valence-corrected chi connectivity index (χ4v) is 4.74. The predicted molar refractivity (Wildman–Crippen MR) is 107 cm³/mol. The van der Waals surface area contributed by atoms with Gasteiger partial charge in [-0.15, -0.1) is 11.3 Å². The van der Waals surface area contributed by atoms with Crippen molar-refractivity contribution in [3.05, 3.63) is 51.4 Å². The molecule has 1 N–H and O–H groups in total. The summed E-state index contributed by atoms with van der Waals surface area (Å²) in [6, 6.07) is 9.85. The van der Waals surface area contributed by atoms with Crippen LogP contribution in [0.15, 0.2) is 36.4 Å². The van der Waals surface area contributed by atoms with E-state index >= 15 is 0 Å². The Hall–Kier alpha value is -3.24. The molecule has 0 saturated heterocycles. The highest BCUT2D eigenvalue weighted by molar-refractivity contribution is 7.23. The zero-order valence-corrected chi connectivity index (χ0v) is 15.8. The highest BCUT2D eigenvalue weighted by atomic mass is 32.1. The molecule has 3 heterocycles. The van der Waals surface area contributed by atoms with Gasteiger partial charge in [-0.3, -0.25) is 20.2 Å². The Kier molecular flexibility index (Phi) is 3.88. The number of ether oxygens (including phenoxy) is 2. The molecular formula is C18H11N3O5S2. The predicted octanol–water partition coefficient (Wildman–Crippen LogP) is 4.44. The van der Waals surface area contributed by atoms with Gasteiger partial charge in [-0.2, -0.15) is 0 Å². The summed E-state index contributed by atoms with van der Waals surface area (Å²) in [7, 11) is 0. The number of thiazole rings is 1. The van der Waals surface area contributed by atoms with Gasteiger partial charge < -0.3 is 9.47 Å². The van der Waals surface area contributed by atoms with E-state index in [2.05, 4.69) is 10.3 Å². The van der Waals surface area contributed by atoms with E-state index in [4.69, 9.17) is 9.47 Å². The molecule has 0 aliphatic carbocycles. The van der Waals surface area contributed by atoms with Gasteiger partial charge in [-0.05, 0) is 12.1 Å². The van der Waals surface area contributed by atoms with Crippen LogP contribution < -0.4 is 14.8 Å². The quantitative estimate of drug-likeness (QED) is 0.393. The maximum absolute atomic E-state index is 12.6. The SMILES string of the molecule is O=C(Nc1nc2cc3c(cc2s1)OCCO3)c1cc2cc([N+](=O)[O-])ccc2s1. The fourth-order valence-electron chi connectivity index (χ4n) is 2.93. The van der Waals surface area contributed by atoms with E-state index in [1.165, 1.54) is 34.8 Å². The number of nitrogens with zero attached hydrogens (tertiary/aromatic N) is 2. The minimum atomic E-state index is -0.453. The molecule has 1 aliphatic heterocycles. The van der Waals surface area contributed by atoms with Gasteiger partial charge >= 0.3 is 0 Å². The molecule has 0 spiro atoms. The van der Waals surface area contributed by atoms with Gasteiger partial charge in [0.1, 0.15) is 13.2 Å². The summed E-state index contributed by atoms with van der Waals surface area (Å²) >= 11 is 2.62. The second-order valence-corrected chi connectivity index (χ2v) is 8.14. The number of amides is 1. The summed E-state index contributed by atoms with van der Waals surface area (Å²) in [6.45, 7) is 1.00. The highest BCUT2D eigenvalue weighted by Gasteiger charge is 2.18. The van der Waals surface area contributed by atoms with Crippen LogP contribution in [-0.4, -0.2) is 29.0 Å². The van der Waals surface area contributed by atoms with E-state index in [9.17, 15) is 14.9 Å². The van der Waals surface area contributed by atoms with Crippen LogP contribution in [0, 0.1) is 10.1 Å². The van der Waals surface area contributed by atoms with Crippen LogP contribution in [0.1, 0.15) is 9.67 Å². The van der Waals surface area contributed by atoms with Gasteiger partial charge in [0, 0.05) is 34.4 Å². The first-order chi connectivity index (χ1) is 13.6. The van der Waals surface area contributed by atoms with E-state index in [-0.39, 0.29) is 11.6 Å². The molecule has 0 radical (unpaired) electrons. The van der Waals surface area contributed by atoms with Gasteiger partial charge in [0.05, 0.1) is 20.0 Å². The van der Waals surface area contributed by atoms with Crippen LogP contribution >= 0.6 is 22.7 Å². The van der Waals surface area contributed by atoms with E-state index in [1.807, 2.05) is 6.07 Å². The van der Waals surface area contributed by atoms with Gasteiger partial charge in [0.25, 0.3) is 11.6 Å². The molecule has 5 rings (SSSR count). The number of aromatic nitrogens is 1. The molecule has 28 heavy (non-hydrogen) atoms. The van der Waals surface area contributed by atoms with E-state index in [1.54, 1.807) is 18.2 Å². The molecule has 2 aromatic heterocycles. The minimum Gasteiger partial charge on any atom is -0.486 e. The Balaban J connectivity index is 1.43. The summed E-state index contributed by atoms with van der Waals surface area (Å²) in [4.78, 5) is 28.0. The third kappa shape index (κ3) is 2.92. The summed E-state index contributed by atoms with van der Waals surface area (Å²) < 4.78 is 12.8. The zero-order chi connectivity index (χ0) is 19.3. The lowest BCUT2D eigenvalue weighted by atomic mass is 10.2. The number of anilines is 1. The summed E-state index contributed by atoms with van der Waals surface area (Å²) in [6.07, 6.45) is 0. The van der Waals surface area contributed by atoms with Crippen molar-refractivity contribution in [1.82, 2.24) is 4.98 Å². The normalized spacial score (nSPS) is 13.0. The maximum Gasteiger partial charge on any atom is 0.270 e. The molecule has 0 fully saturated rings. The first-order valence-electron chi connectivity index (χ1n) is 8.26. The first-order valence-corrected chi connectivity index (χ1v) is 9.90. The van der Waals surface area contributed by atoms with Crippen LogP contribution in [0.4, 0.5) is 10.8 Å². The Bertz CT molecular complexity index is 1220. The van der Waals surface area contributed by atoms with Crippen molar-refractivity contribution in [2.24, 2.45) is 0 Å². The van der Waals surface area contributed by atoms with E-state index in [0.717, 1.165) is 14.9 Å². The van der Waals surface area contributed by atoms with Crippen molar-refractivity contribution in [3.63, 3.8) is 0 Å². The van der Waals surface area contributed by atoms with Crippen molar-refractivity contribution >= 4 is 59.7 Å². The zero-order valence-electron chi connectivity index (χ0n) is 14.1. The van der Waals surface area contributed by atoms with Gasteiger partial charge in [0.15, 0.2) is 16.6 Å². The average molecular weight is 413 g/mol. The molecule has 0 unspecified atom stereocenters. The van der Waals surface area contributed by atoms with Crippen LogP contribution in [-0.2, 0) is 0 Å². The van der Waals surface area contributed by atoms with Gasteiger partial charge in [-0.1, -0.05) is 11.3 Å². The Morgan fingerprint density at radius 2 is 1.86 bits per heavy atom. The molecule has 140 valence electrons. The second kappa shape index (κ2) is 6.43. The van der Waals surface area contributed by atoms with Crippen LogP contribution in [0.3, 0.4) is 0 Å². The van der Waals surface area contributed by atoms with E-state index in [0.29, 0.717) is 40.1 Å². The van der Waals surface area contributed by atoms with Crippen LogP contribution in [0.25, 0.3) is 20.3 Å². The Morgan fingerprint density at radius 3 is 2.64 bits per heavy atom. The Morgan fingerprint density at radius 1 is 1.07 bits per heavy atom. The van der Waals surface area contributed by atoms with Crippen molar-refractivity contribution in [2.45, 2.75) is 0 Å². The third-order valence-corrected chi connectivity index (χ3v) is 6.26. The minimum absolute atomic E-state index is 0.00293. The molecule has 0 bridgehead atoms. The average Bonchev–Trinajstić information content (AvgIpc) is 3.28. The number of fused-ring (bicyclic) bond motifs is 3. The number of benzene rings is 2. The number of carbonyl (C=O) groups is 1. The summed E-state index contributed by atoms with van der Waals surface area (Å²) in [5.41, 5.74) is 0.716. The fraction of sp³-hybridized carbons (Fsp3) is 0.111. The first kappa shape index (κ1) is 16.9. The van der Waals surface area contributed by atoms with Crippen LogP contribution in [0.2, 0.25) is 0 Å². The summed E-state index contributed by atoms with van der Waals surface area (Å²) in [5, 5.41) is 14.8. The number of non-ortho nitro benzene ring substituents is 1. The number of nitrogens with one attached hydrogen (secondary N) is 1. The van der Waals surface area contributed by atoms with Gasteiger partial charge in [0.2, 0.25) is 0 Å². The van der Waals surface area contributed by atoms with Gasteiger partial charge in [-0.25, -0.2) is 4.98 Å². The molecule has 4 aromatic rings. The summed E-state index contributed by atoms with van der Waals surface area (Å²) in [5.74, 6) is 1.01. The smallest absolute Gasteiger partial charge is 0.270 e. The lowest BCUT2D eigenvalue weighted by molar-refractivity contribution is -0.384. The lowest BCUT2D eigenvalue weighted by Gasteiger charge is -2.17. The van der Waals surface area contributed by atoms with E-state index < -0.39 is 4.92 Å².